The molecule has 5 nitrogen and oxygen atoms in total. The molecule has 1 aliphatic heterocycles. The second-order valence-electron chi connectivity index (χ2n) is 5.80. The average Bonchev–Trinajstić information content (AvgIpc) is 3.24. The Labute approximate surface area is 130 Å². The Morgan fingerprint density at radius 3 is 2.76 bits per heavy atom. The van der Waals surface area contributed by atoms with E-state index < -0.39 is 10.0 Å². The smallest absolute Gasteiger partial charge is 0.242 e. The van der Waals surface area contributed by atoms with Crippen LogP contribution in [0.2, 0.25) is 0 Å². The number of sulfonamides is 1. The molecule has 2 aliphatic rings. The molecule has 0 aromatic carbocycles. The van der Waals surface area contributed by atoms with Crippen LogP contribution in [0.1, 0.15) is 43.8 Å². The van der Waals surface area contributed by atoms with Crippen molar-refractivity contribution in [3.8, 4) is 0 Å². The van der Waals surface area contributed by atoms with Gasteiger partial charge in [-0.15, -0.1) is 0 Å². The standard InChI is InChI=1S/C14H22N2O3S2/c17-10-12-7-14(9-16(12)11-4-5-11)21(18,19)15-8-13-3-1-2-6-20-13/h7,9,11,13,15,17H,1-6,8,10H2. The lowest BCUT2D eigenvalue weighted by Crippen LogP contribution is -2.31. The van der Waals surface area contributed by atoms with E-state index in [1.165, 1.54) is 12.8 Å². The van der Waals surface area contributed by atoms with Crippen LogP contribution < -0.4 is 4.72 Å². The van der Waals surface area contributed by atoms with Crippen LogP contribution in [0.15, 0.2) is 17.2 Å². The maximum Gasteiger partial charge on any atom is 0.242 e. The molecule has 2 heterocycles. The van der Waals surface area contributed by atoms with Gasteiger partial charge in [-0.3, -0.25) is 0 Å². The van der Waals surface area contributed by atoms with Crippen molar-refractivity contribution in [2.75, 3.05) is 12.3 Å². The predicted molar refractivity (Wildman–Crippen MR) is 83.9 cm³/mol. The normalized spacial score (nSPS) is 23.4. The van der Waals surface area contributed by atoms with E-state index in [0.29, 0.717) is 23.5 Å². The van der Waals surface area contributed by atoms with Crippen LogP contribution in [0, 0.1) is 0 Å². The first-order chi connectivity index (χ1) is 10.1. The maximum absolute atomic E-state index is 12.4. The van der Waals surface area contributed by atoms with Crippen molar-refractivity contribution in [1.29, 1.82) is 0 Å². The van der Waals surface area contributed by atoms with Crippen LogP contribution in [0.5, 0.6) is 0 Å². The highest BCUT2D eigenvalue weighted by Crippen LogP contribution is 2.37. The summed E-state index contributed by atoms with van der Waals surface area (Å²) in [6, 6.07) is 1.96. The number of nitrogens with zero attached hydrogens (tertiary/aromatic N) is 1. The number of thioether (sulfide) groups is 1. The summed E-state index contributed by atoms with van der Waals surface area (Å²) < 4.78 is 29.4. The van der Waals surface area contributed by atoms with Gasteiger partial charge in [-0.1, -0.05) is 6.42 Å². The number of aliphatic hydroxyl groups excluding tert-OH is 1. The largest absolute Gasteiger partial charge is 0.390 e. The summed E-state index contributed by atoms with van der Waals surface area (Å²) in [6.07, 6.45) is 7.29. The Bertz CT molecular complexity index is 587. The van der Waals surface area contributed by atoms with Gasteiger partial charge < -0.3 is 9.67 Å². The number of hydrogen-bond acceptors (Lipinski definition) is 4. The van der Waals surface area contributed by atoms with Crippen molar-refractivity contribution in [3.05, 3.63) is 18.0 Å². The van der Waals surface area contributed by atoms with Crippen LogP contribution >= 0.6 is 11.8 Å². The average molecular weight is 330 g/mol. The fraction of sp³-hybridized carbons (Fsp3) is 0.714. The minimum atomic E-state index is -3.47. The Hall–Kier alpha value is -0.500. The van der Waals surface area contributed by atoms with E-state index in [-0.39, 0.29) is 11.5 Å². The highest BCUT2D eigenvalue weighted by molar-refractivity contribution is 8.00. The molecule has 1 saturated heterocycles. The highest BCUT2D eigenvalue weighted by Gasteiger charge is 2.28. The zero-order chi connectivity index (χ0) is 14.9. The molecule has 1 unspecified atom stereocenters. The molecule has 1 atom stereocenters. The predicted octanol–water partition coefficient (Wildman–Crippen LogP) is 1.88. The van der Waals surface area contributed by atoms with Gasteiger partial charge in [-0.25, -0.2) is 13.1 Å². The number of aromatic nitrogens is 1. The molecule has 2 fully saturated rings. The van der Waals surface area contributed by atoms with Gasteiger partial charge in [0, 0.05) is 29.7 Å². The lowest BCUT2D eigenvalue weighted by molar-refractivity contribution is 0.270. The van der Waals surface area contributed by atoms with E-state index in [4.69, 9.17) is 0 Å². The fourth-order valence-electron chi connectivity index (χ4n) is 2.72. The van der Waals surface area contributed by atoms with E-state index in [9.17, 15) is 13.5 Å². The maximum atomic E-state index is 12.4. The lowest BCUT2D eigenvalue weighted by atomic mass is 10.2. The third kappa shape index (κ3) is 3.64. The Kier molecular flexibility index (Phi) is 4.63. The van der Waals surface area contributed by atoms with Crippen molar-refractivity contribution in [2.24, 2.45) is 0 Å². The molecule has 1 aromatic rings. The molecule has 1 saturated carbocycles. The molecular formula is C14H22N2O3S2. The van der Waals surface area contributed by atoms with Gasteiger partial charge in [0.15, 0.2) is 0 Å². The topological polar surface area (TPSA) is 71.3 Å². The quantitative estimate of drug-likeness (QED) is 0.835. The van der Waals surface area contributed by atoms with Crippen molar-refractivity contribution in [3.63, 3.8) is 0 Å². The van der Waals surface area contributed by atoms with Gasteiger partial charge in [0.2, 0.25) is 10.0 Å². The third-order valence-electron chi connectivity index (χ3n) is 4.09. The van der Waals surface area contributed by atoms with E-state index in [1.54, 1.807) is 12.3 Å². The van der Waals surface area contributed by atoms with E-state index in [0.717, 1.165) is 25.0 Å². The fourth-order valence-corrected chi connectivity index (χ4v) is 5.19. The van der Waals surface area contributed by atoms with Gasteiger partial charge in [0.05, 0.1) is 11.5 Å². The lowest BCUT2D eigenvalue weighted by Gasteiger charge is -2.21. The minimum absolute atomic E-state index is 0.121. The molecule has 7 heteroatoms. The van der Waals surface area contributed by atoms with Gasteiger partial charge in [0.25, 0.3) is 0 Å². The molecule has 21 heavy (non-hydrogen) atoms. The van der Waals surface area contributed by atoms with Crippen molar-refractivity contribution in [2.45, 2.75) is 54.9 Å². The molecule has 0 spiro atoms. The summed E-state index contributed by atoms with van der Waals surface area (Å²) in [7, 11) is -3.47. The van der Waals surface area contributed by atoms with Crippen molar-refractivity contribution >= 4 is 21.8 Å². The van der Waals surface area contributed by atoms with Crippen LogP contribution in [0.25, 0.3) is 0 Å². The highest BCUT2D eigenvalue weighted by atomic mass is 32.2. The monoisotopic (exact) mass is 330 g/mol. The molecule has 0 radical (unpaired) electrons. The van der Waals surface area contributed by atoms with Crippen LogP contribution in [-0.4, -0.2) is 35.6 Å². The molecule has 3 rings (SSSR count). The van der Waals surface area contributed by atoms with E-state index >= 15 is 0 Å². The zero-order valence-corrected chi connectivity index (χ0v) is 13.6. The molecule has 1 aliphatic carbocycles. The summed E-state index contributed by atoms with van der Waals surface area (Å²) in [4.78, 5) is 0.277. The van der Waals surface area contributed by atoms with Gasteiger partial charge in [0.1, 0.15) is 0 Å². The molecule has 0 bridgehead atoms. The minimum Gasteiger partial charge on any atom is -0.390 e. The number of aliphatic hydroxyl groups is 1. The summed E-state index contributed by atoms with van der Waals surface area (Å²) in [5.41, 5.74) is 0.685. The number of rotatable bonds is 6. The molecule has 0 amide bonds. The van der Waals surface area contributed by atoms with Crippen LogP contribution in [-0.2, 0) is 16.6 Å². The summed E-state index contributed by atoms with van der Waals surface area (Å²) in [6.45, 7) is 0.376. The van der Waals surface area contributed by atoms with E-state index in [2.05, 4.69) is 4.72 Å². The van der Waals surface area contributed by atoms with Crippen LogP contribution in [0.3, 0.4) is 0 Å². The Morgan fingerprint density at radius 1 is 1.33 bits per heavy atom. The summed E-state index contributed by atoms with van der Waals surface area (Å²) in [5, 5.41) is 9.75. The first-order valence-electron chi connectivity index (χ1n) is 7.53. The third-order valence-corrected chi connectivity index (χ3v) is 6.88. The zero-order valence-electron chi connectivity index (χ0n) is 12.0. The molecule has 118 valence electrons. The van der Waals surface area contributed by atoms with Crippen molar-refractivity contribution < 1.29 is 13.5 Å². The number of hydrogen-bond donors (Lipinski definition) is 2. The first kappa shape index (κ1) is 15.4. The van der Waals surface area contributed by atoms with Crippen LogP contribution in [0.4, 0.5) is 0 Å². The molecule has 2 N–H and O–H groups in total. The molecular weight excluding hydrogens is 308 g/mol. The first-order valence-corrected chi connectivity index (χ1v) is 10.1. The van der Waals surface area contributed by atoms with Gasteiger partial charge in [-0.05, 0) is 37.5 Å². The Morgan fingerprint density at radius 2 is 2.14 bits per heavy atom. The second kappa shape index (κ2) is 6.32. The summed E-state index contributed by atoms with van der Waals surface area (Å²) >= 11 is 1.85. The van der Waals surface area contributed by atoms with E-state index in [1.807, 2.05) is 16.3 Å². The second-order valence-corrected chi connectivity index (χ2v) is 8.98. The molecule has 1 aromatic heterocycles. The summed E-state index contributed by atoms with van der Waals surface area (Å²) in [5.74, 6) is 1.12. The number of nitrogens with one attached hydrogen (secondary N) is 1. The Balaban J connectivity index is 1.68. The van der Waals surface area contributed by atoms with Gasteiger partial charge >= 0.3 is 0 Å². The van der Waals surface area contributed by atoms with Crippen molar-refractivity contribution in [1.82, 2.24) is 9.29 Å². The van der Waals surface area contributed by atoms with Gasteiger partial charge in [-0.2, -0.15) is 11.8 Å². The SMILES string of the molecule is O=S(=O)(NCC1CCCCS1)c1cc(CO)n(C2CC2)c1.